The van der Waals surface area contributed by atoms with Gasteiger partial charge in [-0.3, -0.25) is 4.79 Å². The minimum atomic E-state index is -3.62. The van der Waals surface area contributed by atoms with E-state index in [-0.39, 0.29) is 10.8 Å². The lowest BCUT2D eigenvalue weighted by Crippen LogP contribution is -2.42. The molecule has 2 fully saturated rings. The fourth-order valence-electron chi connectivity index (χ4n) is 4.06. The topological polar surface area (TPSA) is 101 Å². The minimum absolute atomic E-state index is 0.142. The third-order valence-electron chi connectivity index (χ3n) is 5.95. The molecule has 4 rings (SSSR count). The number of rotatable bonds is 5. The van der Waals surface area contributed by atoms with Gasteiger partial charge in [-0.15, -0.1) is 0 Å². The van der Waals surface area contributed by atoms with Gasteiger partial charge in [-0.2, -0.15) is 4.31 Å². The van der Waals surface area contributed by atoms with Crippen LogP contribution >= 0.6 is 0 Å². The summed E-state index contributed by atoms with van der Waals surface area (Å²) in [6.07, 6.45) is 0.735. The Hall–Kier alpha value is -2.27. The number of nitrogens with zero attached hydrogens (tertiary/aromatic N) is 2. The van der Waals surface area contributed by atoms with Crippen molar-refractivity contribution in [1.29, 1.82) is 0 Å². The number of amides is 1. The molecular formula is C22H26N2O6S2. The second kappa shape index (κ2) is 9.30. The summed E-state index contributed by atoms with van der Waals surface area (Å²) >= 11 is 0. The number of ether oxygens (including phenoxy) is 1. The Labute approximate surface area is 188 Å². The van der Waals surface area contributed by atoms with Crippen LogP contribution in [0.5, 0.6) is 0 Å². The van der Waals surface area contributed by atoms with Gasteiger partial charge in [0, 0.05) is 31.7 Å². The Morgan fingerprint density at radius 1 is 0.781 bits per heavy atom. The highest BCUT2D eigenvalue weighted by Gasteiger charge is 2.33. The average Bonchev–Trinajstić information content (AvgIpc) is 2.85. The summed E-state index contributed by atoms with van der Waals surface area (Å²) in [6.45, 7) is 2.03. The predicted molar refractivity (Wildman–Crippen MR) is 119 cm³/mol. The van der Waals surface area contributed by atoms with Gasteiger partial charge in [-0.25, -0.2) is 16.8 Å². The number of hydrogen-bond acceptors (Lipinski definition) is 6. The monoisotopic (exact) mass is 478 g/mol. The van der Waals surface area contributed by atoms with E-state index in [1.54, 1.807) is 35.2 Å². The average molecular weight is 479 g/mol. The maximum absolute atomic E-state index is 12.9. The first kappa shape index (κ1) is 22.9. The number of sulfone groups is 1. The van der Waals surface area contributed by atoms with Gasteiger partial charge in [0.05, 0.1) is 28.3 Å². The molecule has 8 nitrogen and oxygen atoms in total. The molecule has 2 aromatic carbocycles. The van der Waals surface area contributed by atoms with E-state index in [4.69, 9.17) is 4.74 Å². The maximum atomic E-state index is 12.9. The second-order valence-corrected chi connectivity index (χ2v) is 12.1. The largest absolute Gasteiger partial charge is 0.379 e. The number of sulfonamides is 1. The van der Waals surface area contributed by atoms with E-state index in [1.165, 1.54) is 28.6 Å². The molecule has 172 valence electrons. The van der Waals surface area contributed by atoms with Gasteiger partial charge in [0.15, 0.2) is 9.84 Å². The van der Waals surface area contributed by atoms with E-state index in [2.05, 4.69) is 0 Å². The summed E-state index contributed by atoms with van der Waals surface area (Å²) in [5, 5.41) is -0.519. The molecule has 0 bridgehead atoms. The molecule has 0 spiro atoms. The van der Waals surface area contributed by atoms with Crippen LogP contribution in [0.4, 0.5) is 0 Å². The molecule has 10 heteroatoms. The van der Waals surface area contributed by atoms with Crippen molar-refractivity contribution in [1.82, 2.24) is 9.21 Å². The highest BCUT2D eigenvalue weighted by Crippen LogP contribution is 2.26. The Bertz CT molecular complexity index is 1150. The zero-order valence-corrected chi connectivity index (χ0v) is 19.2. The molecule has 2 aromatic rings. The van der Waals surface area contributed by atoms with Crippen LogP contribution in [-0.2, 0) is 24.6 Å². The van der Waals surface area contributed by atoms with E-state index in [0.717, 1.165) is 0 Å². The van der Waals surface area contributed by atoms with Crippen molar-refractivity contribution in [3.05, 3.63) is 60.2 Å². The zero-order chi connectivity index (χ0) is 22.8. The summed E-state index contributed by atoms with van der Waals surface area (Å²) in [4.78, 5) is 15.0. The molecule has 2 saturated heterocycles. The minimum Gasteiger partial charge on any atom is -0.379 e. The molecular weight excluding hydrogens is 452 g/mol. The van der Waals surface area contributed by atoms with E-state index >= 15 is 0 Å². The van der Waals surface area contributed by atoms with Gasteiger partial charge in [0.1, 0.15) is 0 Å². The lowest BCUT2D eigenvalue weighted by molar-refractivity contribution is 0.0725. The third-order valence-corrected chi connectivity index (χ3v) is 10.1. The lowest BCUT2D eigenvalue weighted by Gasteiger charge is -2.32. The molecule has 0 atom stereocenters. The van der Waals surface area contributed by atoms with Gasteiger partial charge in [0.25, 0.3) is 5.91 Å². The summed E-state index contributed by atoms with van der Waals surface area (Å²) in [6, 6.07) is 14.3. The highest BCUT2D eigenvalue weighted by atomic mass is 32.2. The Morgan fingerprint density at radius 2 is 1.38 bits per heavy atom. The van der Waals surface area contributed by atoms with Crippen LogP contribution in [0.15, 0.2) is 64.4 Å². The van der Waals surface area contributed by atoms with Crippen LogP contribution in [-0.4, -0.2) is 76.6 Å². The van der Waals surface area contributed by atoms with E-state index < -0.39 is 25.1 Å². The normalized spacial score (nSPS) is 19.1. The maximum Gasteiger partial charge on any atom is 0.253 e. The molecule has 0 aromatic heterocycles. The fraction of sp³-hybridized carbons (Fsp3) is 0.409. The van der Waals surface area contributed by atoms with Gasteiger partial charge < -0.3 is 9.64 Å². The second-order valence-electron chi connectivity index (χ2n) is 7.89. The van der Waals surface area contributed by atoms with Crippen LogP contribution < -0.4 is 0 Å². The number of morpholine rings is 1. The highest BCUT2D eigenvalue weighted by molar-refractivity contribution is 7.92. The molecule has 1 amide bonds. The summed E-state index contributed by atoms with van der Waals surface area (Å²) < 4.78 is 57.7. The van der Waals surface area contributed by atoms with E-state index in [0.29, 0.717) is 62.7 Å². The molecule has 0 aliphatic carbocycles. The summed E-state index contributed by atoms with van der Waals surface area (Å²) in [5.74, 6) is -0.226. The number of piperidine rings is 1. The summed E-state index contributed by atoms with van der Waals surface area (Å²) in [5.41, 5.74) is 0.385. The SMILES string of the molecule is O=C(c1ccc(S(=O)(=O)N2CCOCC2)cc1)N1CCC(S(=O)(=O)c2ccccc2)CC1. The standard InChI is InChI=1S/C22H26N2O6S2/c25-22(18-6-8-21(9-7-18)32(28,29)24-14-16-30-17-15-24)23-12-10-20(11-13-23)31(26,27)19-4-2-1-3-5-19/h1-9,20H,10-17H2. The fourth-order valence-corrected chi connectivity index (χ4v) is 7.22. The first-order valence-corrected chi connectivity index (χ1v) is 13.5. The van der Waals surface area contributed by atoms with Crippen molar-refractivity contribution in [3.8, 4) is 0 Å². The summed E-state index contributed by atoms with van der Waals surface area (Å²) in [7, 11) is -7.04. The van der Waals surface area contributed by atoms with Crippen LogP contribution in [0.1, 0.15) is 23.2 Å². The predicted octanol–water partition coefficient (Wildman–Crippen LogP) is 1.79. The van der Waals surface area contributed by atoms with Gasteiger partial charge in [-0.05, 0) is 49.2 Å². The first-order valence-electron chi connectivity index (χ1n) is 10.6. The molecule has 2 aliphatic rings. The van der Waals surface area contributed by atoms with Crippen molar-refractivity contribution in [3.63, 3.8) is 0 Å². The van der Waals surface area contributed by atoms with Crippen LogP contribution in [0.25, 0.3) is 0 Å². The molecule has 0 radical (unpaired) electrons. The Morgan fingerprint density at radius 3 is 1.97 bits per heavy atom. The lowest BCUT2D eigenvalue weighted by atomic mass is 10.1. The molecule has 32 heavy (non-hydrogen) atoms. The zero-order valence-electron chi connectivity index (χ0n) is 17.6. The van der Waals surface area contributed by atoms with Gasteiger partial charge in [0.2, 0.25) is 10.0 Å². The molecule has 2 heterocycles. The van der Waals surface area contributed by atoms with E-state index in [1.807, 2.05) is 0 Å². The van der Waals surface area contributed by atoms with Gasteiger partial charge in [-0.1, -0.05) is 18.2 Å². The smallest absolute Gasteiger partial charge is 0.253 e. The molecule has 0 saturated carbocycles. The number of carbonyl (C=O) groups excluding carboxylic acids is 1. The molecule has 0 unspecified atom stereocenters. The molecule has 2 aliphatic heterocycles. The van der Waals surface area contributed by atoms with Crippen molar-refractivity contribution < 1.29 is 26.4 Å². The van der Waals surface area contributed by atoms with Crippen molar-refractivity contribution in [2.75, 3.05) is 39.4 Å². The van der Waals surface area contributed by atoms with Gasteiger partial charge >= 0.3 is 0 Å². The van der Waals surface area contributed by atoms with Crippen LogP contribution in [0.3, 0.4) is 0 Å². The number of hydrogen-bond donors (Lipinski definition) is 0. The van der Waals surface area contributed by atoms with Crippen molar-refractivity contribution >= 4 is 25.8 Å². The quantitative estimate of drug-likeness (QED) is 0.649. The third kappa shape index (κ3) is 4.59. The number of carbonyl (C=O) groups is 1. The van der Waals surface area contributed by atoms with Crippen LogP contribution in [0.2, 0.25) is 0 Å². The number of benzene rings is 2. The van der Waals surface area contributed by atoms with Crippen molar-refractivity contribution in [2.24, 2.45) is 0 Å². The first-order chi connectivity index (χ1) is 15.3. The Kier molecular flexibility index (Phi) is 6.66. The molecule has 0 N–H and O–H groups in total. The Balaban J connectivity index is 1.40. The van der Waals surface area contributed by atoms with Crippen molar-refractivity contribution in [2.45, 2.75) is 27.9 Å². The number of likely N-dealkylation sites (tertiary alicyclic amines) is 1. The van der Waals surface area contributed by atoms with E-state index in [9.17, 15) is 21.6 Å². The van der Waals surface area contributed by atoms with Crippen LogP contribution in [0, 0.1) is 0 Å².